The molecule has 0 saturated heterocycles. The van der Waals surface area contributed by atoms with Crippen LogP contribution >= 0.6 is 29.9 Å². The summed E-state index contributed by atoms with van der Waals surface area (Å²) in [6.45, 7) is 9.28. The summed E-state index contributed by atoms with van der Waals surface area (Å²) in [5.74, 6) is 0.730. The molecule has 2 aromatic rings. The van der Waals surface area contributed by atoms with E-state index < -0.39 is 14.4 Å². The van der Waals surface area contributed by atoms with Crippen LogP contribution in [0.5, 0.6) is 0 Å². The number of hydrogen-bond acceptors (Lipinski definition) is 7. The van der Waals surface area contributed by atoms with E-state index in [1.165, 1.54) is 22.3 Å². The zero-order valence-corrected chi connectivity index (χ0v) is 24.9. The molecule has 9 heteroatoms. The van der Waals surface area contributed by atoms with Gasteiger partial charge in [-0.05, 0) is 56.2 Å². The van der Waals surface area contributed by atoms with E-state index in [4.69, 9.17) is 14.5 Å². The van der Waals surface area contributed by atoms with E-state index >= 15 is 0 Å². The topological polar surface area (TPSA) is 74.6 Å². The molecule has 0 heterocycles. The first kappa shape index (κ1) is 29.8. The summed E-state index contributed by atoms with van der Waals surface area (Å²) in [4.78, 5) is 12.9. The van der Waals surface area contributed by atoms with E-state index in [-0.39, 0.29) is 18.6 Å². The van der Waals surface area contributed by atoms with Gasteiger partial charge < -0.3 is 14.6 Å². The van der Waals surface area contributed by atoms with Crippen molar-refractivity contribution in [1.29, 1.82) is 5.26 Å². The summed E-state index contributed by atoms with van der Waals surface area (Å²) >= 11 is 0. The molecular formula is C28H38N3O3PS2. The summed E-state index contributed by atoms with van der Waals surface area (Å²) in [6, 6.07) is 19.3. The van der Waals surface area contributed by atoms with Gasteiger partial charge in [0.1, 0.15) is 14.9 Å². The molecule has 0 spiro atoms. The summed E-state index contributed by atoms with van der Waals surface area (Å²) in [7, 11) is 2.39. The van der Waals surface area contributed by atoms with Crippen LogP contribution in [0.1, 0.15) is 51.2 Å². The minimum absolute atomic E-state index is 0.0258. The van der Waals surface area contributed by atoms with Gasteiger partial charge in [-0.1, -0.05) is 70.1 Å². The highest BCUT2D eigenvalue weighted by molar-refractivity contribution is 8.76. The molecular weight excluding hydrogens is 521 g/mol. The zero-order valence-electron chi connectivity index (χ0n) is 22.3. The molecule has 0 radical (unpaired) electrons. The predicted molar refractivity (Wildman–Crippen MR) is 158 cm³/mol. The quantitative estimate of drug-likeness (QED) is 0.193. The molecule has 1 aliphatic rings. The molecule has 6 nitrogen and oxygen atoms in total. The summed E-state index contributed by atoms with van der Waals surface area (Å²) in [5, 5.41) is 12.2. The van der Waals surface area contributed by atoms with Crippen molar-refractivity contribution >= 4 is 36.0 Å². The lowest BCUT2D eigenvalue weighted by atomic mass is 9.98. The molecule has 0 saturated carbocycles. The number of carbonyl (C=O) groups is 1. The van der Waals surface area contributed by atoms with Crippen molar-refractivity contribution in [3.8, 4) is 17.2 Å². The van der Waals surface area contributed by atoms with Gasteiger partial charge in [0.05, 0.1) is 18.7 Å². The van der Waals surface area contributed by atoms with Crippen molar-refractivity contribution in [3.63, 3.8) is 0 Å². The fourth-order valence-electron chi connectivity index (χ4n) is 4.77. The Morgan fingerprint density at radius 1 is 1.08 bits per heavy atom. The number of nitriles is 1. The average Bonchev–Trinajstić information content (AvgIpc) is 3.20. The van der Waals surface area contributed by atoms with Crippen LogP contribution in [-0.2, 0) is 9.26 Å². The van der Waals surface area contributed by atoms with Crippen LogP contribution in [0.25, 0.3) is 11.1 Å². The minimum Gasteiger partial charge on any atom is -0.449 e. The smallest absolute Gasteiger partial charge is 0.407 e. The fourth-order valence-corrected chi connectivity index (χ4v) is 8.32. The van der Waals surface area contributed by atoms with Gasteiger partial charge in [0, 0.05) is 36.3 Å². The highest BCUT2D eigenvalue weighted by Gasteiger charge is 2.30. The second-order valence-corrected chi connectivity index (χ2v) is 13.9. The number of hydrogen-bond donors (Lipinski definition) is 1. The van der Waals surface area contributed by atoms with Gasteiger partial charge in [0.25, 0.3) is 0 Å². The van der Waals surface area contributed by atoms with Crippen LogP contribution in [0.15, 0.2) is 48.5 Å². The molecule has 0 bridgehead atoms. The number of benzene rings is 2. The molecule has 0 fully saturated rings. The molecule has 200 valence electrons. The zero-order chi connectivity index (χ0) is 26.8. The third-order valence-electron chi connectivity index (χ3n) is 6.21. The number of nitrogens with one attached hydrogen (secondary N) is 1. The van der Waals surface area contributed by atoms with Crippen LogP contribution in [0.3, 0.4) is 0 Å². The normalized spacial score (nSPS) is 14.4. The summed E-state index contributed by atoms with van der Waals surface area (Å²) in [5.41, 5.74) is 4.81. The van der Waals surface area contributed by atoms with Gasteiger partial charge in [0.2, 0.25) is 0 Å². The van der Waals surface area contributed by atoms with Gasteiger partial charge in [-0.25, -0.2) is 4.79 Å². The number of rotatable bonds is 14. The Morgan fingerprint density at radius 2 is 1.68 bits per heavy atom. The Labute approximate surface area is 231 Å². The Morgan fingerprint density at radius 3 is 2.22 bits per heavy atom. The number of ether oxygens (including phenoxy) is 1. The molecule has 0 aliphatic heterocycles. The Kier molecular flexibility index (Phi) is 12.1. The highest BCUT2D eigenvalue weighted by atomic mass is 33.1. The molecule has 2 unspecified atom stereocenters. The lowest BCUT2D eigenvalue weighted by molar-refractivity contribution is 0.135. The van der Waals surface area contributed by atoms with Crippen LogP contribution in [0.2, 0.25) is 0 Å². The molecule has 37 heavy (non-hydrogen) atoms. The van der Waals surface area contributed by atoms with Crippen molar-refractivity contribution in [1.82, 2.24) is 9.99 Å². The van der Waals surface area contributed by atoms with Crippen molar-refractivity contribution in [3.05, 3.63) is 59.7 Å². The second kappa shape index (κ2) is 15.0. The molecule has 3 rings (SSSR count). The number of alkyl carbamates (subject to hydrolysis) is 1. The number of fused-ring (bicyclic) bond motifs is 3. The van der Waals surface area contributed by atoms with E-state index in [1.54, 1.807) is 21.6 Å². The van der Waals surface area contributed by atoms with E-state index in [2.05, 4.69) is 68.0 Å². The predicted octanol–water partition coefficient (Wildman–Crippen LogP) is 7.27. The van der Waals surface area contributed by atoms with E-state index in [0.29, 0.717) is 37.0 Å². The third kappa shape index (κ3) is 8.12. The first-order valence-electron chi connectivity index (χ1n) is 12.7. The number of nitrogens with zero attached hydrogens (tertiary/aromatic N) is 2. The van der Waals surface area contributed by atoms with Crippen molar-refractivity contribution < 1.29 is 14.1 Å². The highest BCUT2D eigenvalue weighted by Crippen LogP contribution is 2.46. The molecule has 1 amide bonds. The minimum atomic E-state index is -0.952. The maximum atomic E-state index is 12.9. The third-order valence-corrected chi connectivity index (χ3v) is 10.6. The largest absolute Gasteiger partial charge is 0.449 e. The maximum absolute atomic E-state index is 12.9. The Balaban J connectivity index is 1.63. The lowest BCUT2D eigenvalue weighted by Crippen LogP contribution is -2.41. The number of carbonyl (C=O) groups excluding carboxylic acids is 1. The molecule has 1 aliphatic carbocycles. The van der Waals surface area contributed by atoms with Crippen LogP contribution in [0, 0.1) is 11.3 Å². The van der Waals surface area contributed by atoms with Crippen LogP contribution in [-0.4, -0.2) is 60.3 Å². The van der Waals surface area contributed by atoms with Gasteiger partial charge in [0.15, 0.2) is 0 Å². The maximum Gasteiger partial charge on any atom is 0.407 e. The second-order valence-electron chi connectivity index (χ2n) is 9.47. The lowest BCUT2D eigenvalue weighted by Gasteiger charge is -2.37. The first-order valence-corrected chi connectivity index (χ1v) is 16.8. The molecule has 2 aromatic carbocycles. The van der Waals surface area contributed by atoms with E-state index in [0.717, 1.165) is 0 Å². The van der Waals surface area contributed by atoms with Crippen LogP contribution < -0.4 is 5.32 Å². The first-order chi connectivity index (χ1) is 17.9. The standard InChI is InChI=1S/C28H38N3O3PS2/c1-20(2)31(21(3)4)35(16-10-15-29)34-17-22(19-37-36-5)30-28(32)33-18-27-25-13-8-6-11-23(25)24-12-7-9-14-26(24)27/h6-9,11-14,20-22,27H,10,16-19H2,1-5H3,(H,30,32). The van der Waals surface area contributed by atoms with E-state index in [1.807, 2.05) is 30.5 Å². The molecule has 0 aromatic heterocycles. The van der Waals surface area contributed by atoms with Gasteiger partial charge >= 0.3 is 6.09 Å². The number of amides is 1. The fraction of sp³-hybridized carbons (Fsp3) is 0.500. The SMILES string of the molecule is CSSCC(COP(CCC#N)N(C(C)C)C(C)C)NC(=O)OCC1c2ccccc2-c2ccccc21. The van der Waals surface area contributed by atoms with Crippen molar-refractivity contribution in [2.75, 3.05) is 31.4 Å². The molecule has 2 atom stereocenters. The summed E-state index contributed by atoms with van der Waals surface area (Å²) < 4.78 is 14.5. The van der Waals surface area contributed by atoms with Gasteiger partial charge in [-0.2, -0.15) is 5.26 Å². The van der Waals surface area contributed by atoms with Crippen LogP contribution in [0.4, 0.5) is 4.79 Å². The van der Waals surface area contributed by atoms with Gasteiger partial charge in [-0.3, -0.25) is 4.67 Å². The average molecular weight is 560 g/mol. The van der Waals surface area contributed by atoms with Crippen molar-refractivity contribution in [2.45, 2.75) is 58.2 Å². The van der Waals surface area contributed by atoms with Gasteiger partial charge in [-0.15, -0.1) is 0 Å². The Hall–Kier alpha value is -1.75. The Bertz CT molecular complexity index is 1010. The summed E-state index contributed by atoms with van der Waals surface area (Å²) in [6.07, 6.45) is 2.74. The molecule has 1 N–H and O–H groups in total. The monoisotopic (exact) mass is 559 g/mol. The van der Waals surface area contributed by atoms with E-state index in [9.17, 15) is 4.79 Å². The van der Waals surface area contributed by atoms with Crippen molar-refractivity contribution in [2.24, 2.45) is 0 Å².